The molecule has 0 saturated carbocycles. The Morgan fingerprint density at radius 2 is 1.86 bits per heavy atom. The average molecular weight is 571 g/mol. The molecular formula is C25H20BrFN4O4S. The van der Waals surface area contributed by atoms with Gasteiger partial charge in [-0.2, -0.15) is 0 Å². The van der Waals surface area contributed by atoms with E-state index in [0.29, 0.717) is 39.0 Å². The van der Waals surface area contributed by atoms with Crippen LogP contribution in [0.4, 0.5) is 10.1 Å². The van der Waals surface area contributed by atoms with Crippen molar-refractivity contribution in [1.82, 2.24) is 14.7 Å². The van der Waals surface area contributed by atoms with Gasteiger partial charge in [0.05, 0.1) is 23.2 Å². The van der Waals surface area contributed by atoms with E-state index in [9.17, 15) is 17.6 Å². The van der Waals surface area contributed by atoms with Gasteiger partial charge in [0.15, 0.2) is 0 Å². The summed E-state index contributed by atoms with van der Waals surface area (Å²) in [7, 11) is -2.13. The molecular weight excluding hydrogens is 551 g/mol. The Balaban J connectivity index is 1.82. The molecule has 0 unspecified atom stereocenters. The molecule has 5 aromatic rings. The molecule has 0 saturated heterocycles. The van der Waals surface area contributed by atoms with Crippen molar-refractivity contribution in [3.63, 3.8) is 0 Å². The maximum absolute atomic E-state index is 13.5. The van der Waals surface area contributed by atoms with E-state index >= 15 is 0 Å². The number of halogens is 2. The van der Waals surface area contributed by atoms with Crippen LogP contribution >= 0.6 is 15.9 Å². The number of benzene rings is 2. The van der Waals surface area contributed by atoms with Gasteiger partial charge in [-0.25, -0.2) is 17.8 Å². The van der Waals surface area contributed by atoms with Gasteiger partial charge in [0.1, 0.15) is 27.4 Å². The van der Waals surface area contributed by atoms with E-state index in [1.807, 2.05) is 16.7 Å². The molecule has 184 valence electrons. The van der Waals surface area contributed by atoms with Gasteiger partial charge >= 0.3 is 0 Å². The van der Waals surface area contributed by atoms with Crippen LogP contribution in [0.15, 0.2) is 69.9 Å². The number of hydrogen-bond acceptors (Lipinski definition) is 5. The number of nitrogens with one attached hydrogen (secondary N) is 2. The smallest absolute Gasteiger partial charge is 0.255 e. The van der Waals surface area contributed by atoms with Gasteiger partial charge < -0.3 is 9.73 Å². The molecule has 3 aromatic heterocycles. The van der Waals surface area contributed by atoms with Crippen LogP contribution < -0.4 is 10.0 Å². The van der Waals surface area contributed by atoms with Gasteiger partial charge in [0.2, 0.25) is 10.0 Å². The van der Waals surface area contributed by atoms with E-state index < -0.39 is 21.7 Å². The van der Waals surface area contributed by atoms with Gasteiger partial charge in [-0.15, -0.1) is 0 Å². The van der Waals surface area contributed by atoms with E-state index in [2.05, 4.69) is 31.0 Å². The number of nitrogens with zero attached hydrogens (tertiary/aromatic N) is 2. The molecule has 0 spiro atoms. The predicted molar refractivity (Wildman–Crippen MR) is 140 cm³/mol. The second-order valence-electron chi connectivity index (χ2n) is 8.02. The normalized spacial score (nSPS) is 11.8. The largest absolute Gasteiger partial charge is 0.455 e. The first-order valence-electron chi connectivity index (χ1n) is 10.9. The third-order valence-electron chi connectivity index (χ3n) is 5.81. The van der Waals surface area contributed by atoms with Crippen LogP contribution in [0.5, 0.6) is 0 Å². The van der Waals surface area contributed by atoms with Crippen LogP contribution in [0.2, 0.25) is 0 Å². The van der Waals surface area contributed by atoms with Crippen molar-refractivity contribution in [1.29, 1.82) is 0 Å². The summed E-state index contributed by atoms with van der Waals surface area (Å²) in [5.41, 5.74) is 3.29. The van der Waals surface area contributed by atoms with E-state index in [0.717, 1.165) is 4.60 Å². The summed E-state index contributed by atoms with van der Waals surface area (Å²) in [6, 6.07) is 12.5. The van der Waals surface area contributed by atoms with Crippen LogP contribution in [0.25, 0.3) is 39.1 Å². The lowest BCUT2D eigenvalue weighted by atomic mass is 9.99. The topological polar surface area (TPSA) is 106 Å². The number of amides is 1. The van der Waals surface area contributed by atoms with Crippen LogP contribution in [-0.4, -0.2) is 36.5 Å². The van der Waals surface area contributed by atoms with Gasteiger partial charge in [-0.05, 0) is 65.3 Å². The monoisotopic (exact) mass is 570 g/mol. The summed E-state index contributed by atoms with van der Waals surface area (Å²) < 4.78 is 49.8. The van der Waals surface area contributed by atoms with E-state index in [4.69, 9.17) is 4.42 Å². The van der Waals surface area contributed by atoms with Crippen LogP contribution in [-0.2, 0) is 10.0 Å². The summed E-state index contributed by atoms with van der Waals surface area (Å²) in [5, 5.41) is 3.11. The van der Waals surface area contributed by atoms with Gasteiger partial charge in [-0.3, -0.25) is 13.9 Å². The number of furan rings is 1. The number of pyridine rings is 1. The first-order chi connectivity index (χ1) is 17.2. The Hall–Kier alpha value is -3.70. The maximum Gasteiger partial charge on any atom is 0.255 e. The van der Waals surface area contributed by atoms with Crippen LogP contribution in [0.3, 0.4) is 0 Å². The molecule has 0 atom stereocenters. The zero-order chi connectivity index (χ0) is 25.6. The molecule has 0 aliphatic carbocycles. The van der Waals surface area contributed by atoms with Crippen LogP contribution in [0.1, 0.15) is 17.3 Å². The van der Waals surface area contributed by atoms with Gasteiger partial charge in [0, 0.05) is 41.4 Å². The molecule has 8 nitrogen and oxygen atoms in total. The number of imidazole rings is 1. The fraction of sp³-hybridized carbons (Fsp3) is 0.120. The van der Waals surface area contributed by atoms with Crippen molar-refractivity contribution < 1.29 is 22.0 Å². The lowest BCUT2D eigenvalue weighted by molar-refractivity contribution is 0.0964. The highest BCUT2D eigenvalue weighted by Gasteiger charge is 2.24. The molecule has 36 heavy (non-hydrogen) atoms. The Morgan fingerprint density at radius 3 is 2.56 bits per heavy atom. The molecule has 0 bridgehead atoms. The number of sulfonamides is 1. The number of aromatic nitrogens is 2. The molecule has 0 radical (unpaired) electrons. The fourth-order valence-electron chi connectivity index (χ4n) is 3.97. The summed E-state index contributed by atoms with van der Waals surface area (Å²) >= 11 is 3.46. The zero-order valence-corrected chi connectivity index (χ0v) is 21.6. The number of rotatable bonds is 6. The van der Waals surface area contributed by atoms with Crippen molar-refractivity contribution in [2.24, 2.45) is 0 Å². The highest BCUT2D eigenvalue weighted by molar-refractivity contribution is 9.10. The molecule has 0 aliphatic heterocycles. The number of fused-ring (bicyclic) bond motifs is 2. The minimum Gasteiger partial charge on any atom is -0.455 e. The third kappa shape index (κ3) is 4.24. The predicted octanol–water partition coefficient (Wildman–Crippen LogP) is 5.44. The molecule has 5 rings (SSSR count). The Morgan fingerprint density at radius 1 is 1.14 bits per heavy atom. The quantitative estimate of drug-likeness (QED) is 0.283. The second kappa shape index (κ2) is 9.07. The number of carbonyl (C=O) groups is 1. The maximum atomic E-state index is 13.5. The minimum atomic E-state index is -3.63. The molecule has 3 heterocycles. The average Bonchev–Trinajstić information content (AvgIpc) is 3.43. The molecule has 11 heteroatoms. The molecule has 1 amide bonds. The Bertz CT molecular complexity index is 1740. The summed E-state index contributed by atoms with van der Waals surface area (Å²) in [6.07, 6.45) is 3.48. The zero-order valence-electron chi connectivity index (χ0n) is 19.2. The second-order valence-corrected chi connectivity index (χ2v) is 10.8. The molecule has 0 aliphatic rings. The van der Waals surface area contributed by atoms with Gasteiger partial charge in [0.25, 0.3) is 5.91 Å². The lowest BCUT2D eigenvalue weighted by Crippen LogP contribution is -2.18. The first kappa shape index (κ1) is 24.0. The van der Waals surface area contributed by atoms with Crippen molar-refractivity contribution in [2.45, 2.75) is 6.92 Å². The number of hydrogen-bond donors (Lipinski definition) is 2. The summed E-state index contributed by atoms with van der Waals surface area (Å²) in [4.78, 5) is 17.3. The van der Waals surface area contributed by atoms with Crippen molar-refractivity contribution in [3.8, 4) is 22.5 Å². The van der Waals surface area contributed by atoms with Crippen LogP contribution in [0, 0.1) is 5.82 Å². The number of carbonyl (C=O) groups excluding carboxylic acids is 1. The SMILES string of the molecule is CCS(=O)(=O)Nc1cc2oc(-c3ccc(F)cc3)c(C(=O)NC)c2cc1-c1ccc2ncc(Br)n2c1. The highest BCUT2D eigenvalue weighted by Crippen LogP contribution is 2.40. The third-order valence-corrected chi connectivity index (χ3v) is 7.68. The lowest BCUT2D eigenvalue weighted by Gasteiger charge is -2.13. The molecule has 0 fully saturated rings. The minimum absolute atomic E-state index is 0.126. The standard InChI is InChI=1S/C25H20BrFN4O4S/c1-3-36(33,34)30-19-11-20-18(10-17(19)15-6-9-22-29-12-21(26)31(22)13-15)23(25(32)28-2)24(35-20)14-4-7-16(27)8-5-14/h4-13,30H,3H2,1-2H3,(H,28,32). The summed E-state index contributed by atoms with van der Waals surface area (Å²) in [6.45, 7) is 1.54. The van der Waals surface area contributed by atoms with E-state index in [1.165, 1.54) is 31.3 Å². The van der Waals surface area contributed by atoms with Crippen molar-refractivity contribution in [2.75, 3.05) is 17.5 Å². The van der Waals surface area contributed by atoms with Gasteiger partial charge in [-0.1, -0.05) is 0 Å². The summed E-state index contributed by atoms with van der Waals surface area (Å²) in [5.74, 6) is -0.692. The molecule has 2 N–H and O–H groups in total. The fourth-order valence-corrected chi connectivity index (χ4v) is 5.01. The van der Waals surface area contributed by atoms with Crippen molar-refractivity contribution >= 4 is 54.2 Å². The van der Waals surface area contributed by atoms with E-state index in [-0.39, 0.29) is 17.1 Å². The highest BCUT2D eigenvalue weighted by atomic mass is 79.9. The number of anilines is 1. The first-order valence-corrected chi connectivity index (χ1v) is 13.4. The molecule has 2 aromatic carbocycles. The van der Waals surface area contributed by atoms with E-state index in [1.54, 1.807) is 31.3 Å². The Labute approximate surface area is 214 Å². The Kier molecular flexibility index (Phi) is 6.05. The van der Waals surface area contributed by atoms with Crippen molar-refractivity contribution in [3.05, 3.63) is 76.9 Å².